The van der Waals surface area contributed by atoms with Crippen molar-refractivity contribution in [2.24, 2.45) is 0 Å². The fourth-order valence-corrected chi connectivity index (χ4v) is 5.57. The number of nitrogens with zero attached hydrogens (tertiary/aromatic N) is 6. The Hall–Kier alpha value is -3.37. The van der Waals surface area contributed by atoms with Crippen LogP contribution in [0.2, 0.25) is 5.02 Å². The Balaban J connectivity index is 1.68. The van der Waals surface area contributed by atoms with Gasteiger partial charge < -0.3 is 19.6 Å². The minimum atomic E-state index is -0.924. The molecule has 0 aliphatic carbocycles. The summed E-state index contributed by atoms with van der Waals surface area (Å²) in [5.41, 5.74) is -0.999. The molecule has 0 unspecified atom stereocenters. The second-order valence-electron chi connectivity index (χ2n) is 10.5. The molecule has 2 atom stereocenters. The van der Waals surface area contributed by atoms with Crippen molar-refractivity contribution in [1.29, 1.82) is 0 Å². The fourth-order valence-electron chi connectivity index (χ4n) is 5.29. The van der Waals surface area contributed by atoms with Crippen molar-refractivity contribution in [1.82, 2.24) is 19.8 Å². The Kier molecular flexibility index (Phi) is 7.19. The summed E-state index contributed by atoms with van der Waals surface area (Å²) in [6.45, 7) is 9.61. The Morgan fingerprint density at radius 3 is 2.33 bits per heavy atom. The molecule has 0 radical (unpaired) electrons. The van der Waals surface area contributed by atoms with Gasteiger partial charge in [0.15, 0.2) is 5.82 Å². The number of amides is 1. The van der Waals surface area contributed by atoms with Gasteiger partial charge in [0.25, 0.3) is 0 Å². The predicted octanol–water partition coefficient (Wildman–Crippen LogP) is 4.73. The van der Waals surface area contributed by atoms with Crippen LogP contribution in [0.1, 0.15) is 13.8 Å². The molecule has 3 heterocycles. The van der Waals surface area contributed by atoms with E-state index in [1.807, 2.05) is 37.7 Å². The van der Waals surface area contributed by atoms with Crippen molar-refractivity contribution in [3.05, 3.63) is 59.4 Å². The van der Waals surface area contributed by atoms with Crippen molar-refractivity contribution < 1.29 is 18.0 Å². The van der Waals surface area contributed by atoms with Crippen molar-refractivity contribution in [2.45, 2.75) is 32.0 Å². The number of hydrogen-bond acceptors (Lipinski definition) is 6. The molecule has 11 heteroatoms. The lowest BCUT2D eigenvalue weighted by molar-refractivity contribution is -0.128. The number of halogens is 4. The van der Waals surface area contributed by atoms with E-state index in [1.165, 1.54) is 18.2 Å². The van der Waals surface area contributed by atoms with Crippen LogP contribution in [0.5, 0.6) is 0 Å². The van der Waals surface area contributed by atoms with Gasteiger partial charge in [-0.3, -0.25) is 4.79 Å². The summed E-state index contributed by atoms with van der Waals surface area (Å²) in [5.74, 6) is -2.16. The molecule has 7 nitrogen and oxygen atoms in total. The number of piperazine rings is 1. The minimum absolute atomic E-state index is 0.0743. The smallest absolute Gasteiger partial charge is 0.246 e. The summed E-state index contributed by atoms with van der Waals surface area (Å²) in [6.07, 6.45) is 1.29. The summed E-state index contributed by atoms with van der Waals surface area (Å²) in [7, 11) is 3.97. The van der Waals surface area contributed by atoms with Crippen LogP contribution in [-0.4, -0.2) is 84.1 Å². The van der Waals surface area contributed by atoms with Gasteiger partial charge in [0.05, 0.1) is 10.6 Å². The van der Waals surface area contributed by atoms with Crippen LogP contribution in [0.4, 0.5) is 24.9 Å². The molecule has 206 valence electrons. The van der Waals surface area contributed by atoms with Crippen LogP contribution in [0.25, 0.3) is 22.0 Å². The van der Waals surface area contributed by atoms with E-state index in [4.69, 9.17) is 16.6 Å². The summed E-state index contributed by atoms with van der Waals surface area (Å²) in [5, 5.41) is 0.174. The molecular formula is C28H30ClF3N6O. The van der Waals surface area contributed by atoms with Crippen LogP contribution < -0.4 is 9.80 Å². The third kappa shape index (κ3) is 4.69. The number of carbonyl (C=O) groups excluding carboxylic acids is 1. The van der Waals surface area contributed by atoms with Crippen molar-refractivity contribution in [2.75, 3.05) is 50.1 Å². The monoisotopic (exact) mass is 558 g/mol. The third-order valence-electron chi connectivity index (χ3n) is 7.65. The van der Waals surface area contributed by atoms with E-state index >= 15 is 4.39 Å². The first-order valence-electron chi connectivity index (χ1n) is 12.8. The molecule has 0 N–H and O–H groups in total. The molecule has 2 aliphatic heterocycles. The number of rotatable bonds is 5. The standard InChI is InChI=1S/C28H30ClF3N6O/c1-6-22(39)37-11-16(3)38(12-15(37)2)27-18-10-19(29)23(24-20(30)8-7-9-21(24)31)25(32)26(18)33-28(34-27)36-13-17(14-36)35(4)5/h6-10,15-17H,1,11-14H2,2-5H3/t15-,16+/m1/s1. The van der Waals surface area contributed by atoms with Crippen molar-refractivity contribution >= 4 is 40.2 Å². The number of likely N-dealkylation sites (N-methyl/N-ethyl adjacent to an activating group) is 1. The first-order chi connectivity index (χ1) is 18.5. The molecule has 2 fully saturated rings. The van der Waals surface area contributed by atoms with Gasteiger partial charge in [0.1, 0.15) is 23.0 Å². The summed E-state index contributed by atoms with van der Waals surface area (Å²) < 4.78 is 45.7. The highest BCUT2D eigenvalue weighted by Crippen LogP contribution is 2.41. The highest BCUT2D eigenvalue weighted by molar-refractivity contribution is 6.34. The zero-order chi connectivity index (χ0) is 28.2. The van der Waals surface area contributed by atoms with E-state index in [0.717, 1.165) is 12.1 Å². The molecule has 2 aromatic carbocycles. The van der Waals surface area contributed by atoms with Gasteiger partial charge in [-0.1, -0.05) is 24.2 Å². The number of fused-ring (bicyclic) bond motifs is 1. The topological polar surface area (TPSA) is 55.8 Å². The number of hydrogen-bond donors (Lipinski definition) is 0. The second-order valence-corrected chi connectivity index (χ2v) is 10.9. The zero-order valence-corrected chi connectivity index (χ0v) is 23.0. The molecule has 5 rings (SSSR count). The fraction of sp³-hybridized carbons (Fsp3) is 0.393. The summed E-state index contributed by atoms with van der Waals surface area (Å²) in [6, 6.07) is 4.75. The normalized spacial score (nSPS) is 20.1. The van der Waals surface area contributed by atoms with E-state index in [0.29, 0.717) is 49.4 Å². The lowest BCUT2D eigenvalue weighted by atomic mass is 10.0. The van der Waals surface area contributed by atoms with Crippen LogP contribution in [0.3, 0.4) is 0 Å². The molecule has 0 bridgehead atoms. The van der Waals surface area contributed by atoms with E-state index in [9.17, 15) is 13.6 Å². The Labute approximate surface area is 230 Å². The van der Waals surface area contributed by atoms with Crippen LogP contribution >= 0.6 is 11.6 Å². The quantitative estimate of drug-likeness (QED) is 0.422. The number of benzene rings is 2. The highest BCUT2D eigenvalue weighted by atomic mass is 35.5. The molecule has 0 spiro atoms. The Bertz CT molecular complexity index is 1440. The van der Waals surface area contributed by atoms with Gasteiger partial charge in [-0.25, -0.2) is 18.2 Å². The van der Waals surface area contributed by atoms with Gasteiger partial charge in [-0.05, 0) is 52.2 Å². The first kappa shape index (κ1) is 27.2. The second kappa shape index (κ2) is 10.3. The van der Waals surface area contributed by atoms with E-state index in [2.05, 4.69) is 16.5 Å². The molecule has 1 amide bonds. The maximum atomic E-state index is 16.3. The molecule has 1 aromatic heterocycles. The number of aromatic nitrogens is 2. The lowest BCUT2D eigenvalue weighted by Crippen LogP contribution is -2.59. The van der Waals surface area contributed by atoms with E-state index in [1.54, 1.807) is 4.90 Å². The molecule has 0 saturated carbocycles. The van der Waals surface area contributed by atoms with Crippen LogP contribution in [0, 0.1) is 17.5 Å². The average Bonchev–Trinajstić information content (AvgIpc) is 2.85. The molecule has 3 aromatic rings. The number of carbonyl (C=O) groups is 1. The van der Waals surface area contributed by atoms with Crippen molar-refractivity contribution in [3.63, 3.8) is 0 Å². The van der Waals surface area contributed by atoms with Crippen molar-refractivity contribution in [3.8, 4) is 11.1 Å². The molecular weight excluding hydrogens is 529 g/mol. The van der Waals surface area contributed by atoms with Gasteiger partial charge in [-0.15, -0.1) is 0 Å². The van der Waals surface area contributed by atoms with Gasteiger partial charge >= 0.3 is 0 Å². The van der Waals surface area contributed by atoms with Gasteiger partial charge in [0.2, 0.25) is 11.9 Å². The molecule has 2 saturated heterocycles. The van der Waals surface area contributed by atoms with Gasteiger partial charge in [0, 0.05) is 55.3 Å². The van der Waals surface area contributed by atoms with Gasteiger partial charge in [-0.2, -0.15) is 4.98 Å². The predicted molar refractivity (Wildman–Crippen MR) is 148 cm³/mol. The lowest BCUT2D eigenvalue weighted by Gasteiger charge is -2.45. The first-order valence-corrected chi connectivity index (χ1v) is 13.1. The Morgan fingerprint density at radius 1 is 1.05 bits per heavy atom. The van der Waals surface area contributed by atoms with Crippen LogP contribution in [-0.2, 0) is 4.79 Å². The maximum absolute atomic E-state index is 16.3. The van der Waals surface area contributed by atoms with Crippen LogP contribution in [0.15, 0.2) is 36.9 Å². The largest absolute Gasteiger partial charge is 0.349 e. The SMILES string of the molecule is C=CC(=O)N1C[C@H](C)N(c2nc(N3CC(N(C)C)C3)nc3c(F)c(-c4c(F)cccc4F)c(Cl)cc23)C[C@H]1C. The molecule has 39 heavy (non-hydrogen) atoms. The highest BCUT2D eigenvalue weighted by Gasteiger charge is 2.36. The third-order valence-corrected chi connectivity index (χ3v) is 7.95. The molecule has 2 aliphatic rings. The summed E-state index contributed by atoms with van der Waals surface area (Å²) >= 11 is 6.51. The maximum Gasteiger partial charge on any atom is 0.246 e. The summed E-state index contributed by atoms with van der Waals surface area (Å²) in [4.78, 5) is 29.6. The Morgan fingerprint density at radius 2 is 1.72 bits per heavy atom. The zero-order valence-electron chi connectivity index (χ0n) is 22.3. The van der Waals surface area contributed by atoms with E-state index in [-0.39, 0.29) is 34.1 Å². The number of anilines is 2. The van der Waals surface area contributed by atoms with E-state index < -0.39 is 23.0 Å². The minimum Gasteiger partial charge on any atom is -0.349 e. The average molecular weight is 559 g/mol.